The van der Waals surface area contributed by atoms with Crippen LogP contribution in [0.1, 0.15) is 0 Å². The lowest BCUT2D eigenvalue weighted by Crippen LogP contribution is -2.37. The Morgan fingerprint density at radius 2 is 2.21 bits per heavy atom. The van der Waals surface area contributed by atoms with Crippen LogP contribution in [0.25, 0.3) is 0 Å². The molecule has 0 aromatic heterocycles. The molecule has 0 bridgehead atoms. The molecular weight excluding hydrogens is 188 g/mol. The summed E-state index contributed by atoms with van der Waals surface area (Å²) < 4.78 is 4.48. The van der Waals surface area contributed by atoms with Gasteiger partial charge in [0.2, 0.25) is 6.41 Å². The predicted molar refractivity (Wildman–Crippen MR) is 50.0 cm³/mol. The molecule has 14 heavy (non-hydrogen) atoms. The topological polar surface area (TPSA) is 96.0 Å². The van der Waals surface area contributed by atoms with Gasteiger partial charge in [-0.05, 0) is 0 Å². The minimum atomic E-state index is -1.30. The van der Waals surface area contributed by atoms with E-state index >= 15 is 0 Å². The number of hydrogen-bond acceptors (Lipinski definition) is 5. The van der Waals surface area contributed by atoms with Crippen molar-refractivity contribution in [3.63, 3.8) is 0 Å². The third-order valence-corrected chi connectivity index (χ3v) is 1.54. The maximum atomic E-state index is 10.5. The Balaban J connectivity index is 4.03. The second kappa shape index (κ2) is 7.45. The normalized spacial score (nSPS) is 15.4. The monoisotopic (exact) mass is 204 g/mol. The Hall–Kier alpha value is -0.950. The first-order chi connectivity index (χ1) is 6.65. The van der Waals surface area contributed by atoms with Gasteiger partial charge in [-0.2, -0.15) is 0 Å². The van der Waals surface area contributed by atoms with Crippen molar-refractivity contribution >= 4 is 6.41 Å². The molecule has 0 fully saturated rings. The van der Waals surface area contributed by atoms with Gasteiger partial charge in [-0.25, -0.2) is 0 Å². The molecule has 0 aromatic carbocycles. The molecule has 0 aromatic rings. The van der Waals surface area contributed by atoms with E-state index in [1.807, 2.05) is 0 Å². The molecule has 2 unspecified atom stereocenters. The number of aliphatic hydroxyl groups excluding tert-OH is 2. The van der Waals surface area contributed by atoms with E-state index < -0.39 is 12.4 Å². The zero-order valence-corrected chi connectivity index (χ0v) is 8.04. The van der Waals surface area contributed by atoms with Gasteiger partial charge in [0.05, 0.1) is 6.54 Å². The summed E-state index contributed by atoms with van der Waals surface area (Å²) in [6.45, 7) is 0.252. The quantitative estimate of drug-likeness (QED) is 0.337. The highest BCUT2D eigenvalue weighted by Gasteiger charge is 2.17. The molecular formula is C8H16N2O4. The number of rotatable bonds is 7. The fraction of sp³-hybridized carbons (Fsp3) is 0.625. The third kappa shape index (κ3) is 4.93. The molecule has 0 saturated heterocycles. The van der Waals surface area contributed by atoms with Gasteiger partial charge in [0.25, 0.3) is 0 Å². The Labute approximate surface area is 82.6 Å². The maximum Gasteiger partial charge on any atom is 0.213 e. The van der Waals surface area contributed by atoms with Crippen LogP contribution in [0.3, 0.4) is 0 Å². The highest BCUT2D eigenvalue weighted by atomic mass is 16.6. The fourth-order valence-corrected chi connectivity index (χ4v) is 0.799. The van der Waals surface area contributed by atoms with Crippen LogP contribution in [0.15, 0.2) is 12.3 Å². The first kappa shape index (κ1) is 13.1. The van der Waals surface area contributed by atoms with Crippen LogP contribution in [0.5, 0.6) is 0 Å². The van der Waals surface area contributed by atoms with E-state index in [4.69, 9.17) is 10.8 Å². The molecule has 0 spiro atoms. The summed E-state index contributed by atoms with van der Waals surface area (Å²) in [5, 5.41) is 18.3. The van der Waals surface area contributed by atoms with E-state index in [1.165, 1.54) is 18.2 Å². The van der Waals surface area contributed by atoms with Gasteiger partial charge >= 0.3 is 0 Å². The van der Waals surface area contributed by atoms with E-state index in [1.54, 1.807) is 6.08 Å². The Bertz CT molecular complexity index is 186. The van der Waals surface area contributed by atoms with Gasteiger partial charge in [0.15, 0.2) is 6.29 Å². The molecule has 2 atom stereocenters. The Morgan fingerprint density at radius 1 is 1.57 bits per heavy atom. The molecule has 1 amide bonds. The smallest absolute Gasteiger partial charge is 0.213 e. The molecule has 6 heteroatoms. The molecule has 0 rings (SSSR count). The zero-order chi connectivity index (χ0) is 11.0. The van der Waals surface area contributed by atoms with Gasteiger partial charge in [0, 0.05) is 19.9 Å². The average Bonchev–Trinajstić information content (AvgIpc) is 2.22. The van der Waals surface area contributed by atoms with Crippen LogP contribution < -0.4 is 5.73 Å². The highest BCUT2D eigenvalue weighted by Crippen LogP contribution is 1.97. The van der Waals surface area contributed by atoms with Gasteiger partial charge < -0.3 is 25.6 Å². The summed E-state index contributed by atoms with van der Waals surface area (Å²) in [5.41, 5.74) is 5.18. The maximum absolute atomic E-state index is 10.5. The van der Waals surface area contributed by atoms with Crippen LogP contribution in [-0.4, -0.2) is 54.1 Å². The predicted octanol–water partition coefficient (Wildman–Crippen LogP) is -1.76. The van der Waals surface area contributed by atoms with Crippen molar-refractivity contribution in [1.82, 2.24) is 4.90 Å². The molecule has 0 heterocycles. The number of nitrogens with two attached hydrogens (primary N) is 1. The summed E-state index contributed by atoms with van der Waals surface area (Å²) in [5.74, 6) is 0. The minimum Gasteiger partial charge on any atom is -0.386 e. The lowest BCUT2D eigenvalue weighted by molar-refractivity contribution is -0.150. The van der Waals surface area contributed by atoms with Gasteiger partial charge in [-0.3, -0.25) is 4.79 Å². The first-order valence-corrected chi connectivity index (χ1v) is 4.12. The average molecular weight is 204 g/mol. The number of aliphatic hydroxyl groups is 2. The number of nitrogens with zero attached hydrogens (tertiary/aromatic N) is 1. The van der Waals surface area contributed by atoms with Crippen molar-refractivity contribution in [2.45, 2.75) is 12.4 Å². The molecule has 6 nitrogen and oxygen atoms in total. The van der Waals surface area contributed by atoms with E-state index in [0.717, 1.165) is 0 Å². The molecule has 0 aliphatic heterocycles. The molecule has 0 saturated carbocycles. The summed E-state index contributed by atoms with van der Waals surface area (Å²) >= 11 is 0. The Kier molecular flexibility index (Phi) is 6.95. The molecule has 82 valence electrons. The molecule has 0 aliphatic carbocycles. The fourth-order valence-electron chi connectivity index (χ4n) is 0.799. The Morgan fingerprint density at radius 3 is 2.64 bits per heavy atom. The summed E-state index contributed by atoms with van der Waals surface area (Å²) in [4.78, 5) is 11.6. The number of carbonyl (C=O) groups is 1. The van der Waals surface area contributed by atoms with Crippen LogP contribution in [0.4, 0.5) is 0 Å². The largest absolute Gasteiger partial charge is 0.386 e. The van der Waals surface area contributed by atoms with Crippen molar-refractivity contribution in [3.05, 3.63) is 12.3 Å². The van der Waals surface area contributed by atoms with Crippen molar-refractivity contribution in [2.75, 3.05) is 20.2 Å². The first-order valence-electron chi connectivity index (χ1n) is 4.12. The van der Waals surface area contributed by atoms with Crippen LogP contribution in [-0.2, 0) is 9.53 Å². The SMILES string of the molecule is COC(O)C(O)CN(C=O)/C=C\CN. The highest BCUT2D eigenvalue weighted by molar-refractivity contribution is 5.49. The zero-order valence-electron chi connectivity index (χ0n) is 8.04. The van der Waals surface area contributed by atoms with Crippen molar-refractivity contribution in [2.24, 2.45) is 5.73 Å². The summed E-state index contributed by atoms with van der Waals surface area (Å²) in [6, 6.07) is 0. The van der Waals surface area contributed by atoms with E-state index in [0.29, 0.717) is 13.0 Å². The van der Waals surface area contributed by atoms with Crippen molar-refractivity contribution < 1.29 is 19.7 Å². The molecule has 0 aliphatic rings. The lowest BCUT2D eigenvalue weighted by atomic mass is 10.3. The van der Waals surface area contributed by atoms with Crippen molar-refractivity contribution in [1.29, 1.82) is 0 Å². The molecule has 0 radical (unpaired) electrons. The molecule has 4 N–H and O–H groups in total. The second-order valence-electron chi connectivity index (χ2n) is 2.62. The number of carbonyl (C=O) groups excluding carboxylic acids is 1. The van der Waals surface area contributed by atoms with Crippen LogP contribution in [0.2, 0.25) is 0 Å². The standard InChI is InChI=1S/C8H16N2O4/c1-14-8(13)7(12)5-10(6-11)4-2-3-9/h2,4,6-8,12-13H,3,5,9H2,1H3/b4-2-. The minimum absolute atomic E-state index is 0.0466. The van der Waals surface area contributed by atoms with Gasteiger partial charge in [0.1, 0.15) is 6.10 Å². The van der Waals surface area contributed by atoms with E-state index in [-0.39, 0.29) is 6.54 Å². The van der Waals surface area contributed by atoms with E-state index in [2.05, 4.69) is 4.74 Å². The third-order valence-electron chi connectivity index (χ3n) is 1.54. The number of amides is 1. The number of hydrogen-bond donors (Lipinski definition) is 3. The summed E-state index contributed by atoms with van der Waals surface area (Å²) in [6.07, 6.45) is 1.06. The van der Waals surface area contributed by atoms with Crippen LogP contribution in [0, 0.1) is 0 Å². The van der Waals surface area contributed by atoms with E-state index in [9.17, 15) is 9.90 Å². The van der Waals surface area contributed by atoms with Gasteiger partial charge in [-0.15, -0.1) is 0 Å². The number of methoxy groups -OCH3 is 1. The van der Waals surface area contributed by atoms with Crippen molar-refractivity contribution in [3.8, 4) is 0 Å². The number of ether oxygens (including phenoxy) is 1. The van der Waals surface area contributed by atoms with Crippen LogP contribution >= 0.6 is 0 Å². The lowest BCUT2D eigenvalue weighted by Gasteiger charge is -2.20. The second-order valence-corrected chi connectivity index (χ2v) is 2.62. The van der Waals surface area contributed by atoms with Gasteiger partial charge in [-0.1, -0.05) is 6.08 Å². The summed E-state index contributed by atoms with van der Waals surface area (Å²) in [7, 11) is 1.26.